The monoisotopic (exact) mass is 226 g/mol. The van der Waals surface area contributed by atoms with E-state index in [0.717, 1.165) is 0 Å². The number of ether oxygens (including phenoxy) is 1. The lowest BCUT2D eigenvalue weighted by molar-refractivity contribution is -0.117. The minimum absolute atomic E-state index is 0.0860. The number of methoxy groups -OCH3 is 1. The number of nitrogens with one attached hydrogen (secondary N) is 1. The maximum atomic E-state index is 13.1. The minimum Gasteiger partial charge on any atom is -0.494 e. The van der Waals surface area contributed by atoms with E-state index in [1.54, 1.807) is 0 Å². The molecule has 1 aromatic carbocycles. The van der Waals surface area contributed by atoms with Gasteiger partial charge in [0.25, 0.3) is 0 Å². The molecule has 1 aromatic rings. The lowest BCUT2D eigenvalue weighted by atomic mass is 10.2. The van der Waals surface area contributed by atoms with Gasteiger partial charge < -0.3 is 15.8 Å². The summed E-state index contributed by atoms with van der Waals surface area (Å²) in [5.74, 6) is -0.681. The molecule has 0 heterocycles. The maximum absolute atomic E-state index is 13.1. The molecule has 4 nitrogen and oxygen atoms in total. The summed E-state index contributed by atoms with van der Waals surface area (Å²) in [6.07, 6.45) is 0.546. The Bertz CT molecular complexity index is 382. The second-order valence-corrected chi connectivity index (χ2v) is 3.35. The summed E-state index contributed by atoms with van der Waals surface area (Å²) in [6.45, 7) is 1.81. The third kappa shape index (κ3) is 2.93. The van der Waals surface area contributed by atoms with E-state index in [0.29, 0.717) is 12.1 Å². The largest absolute Gasteiger partial charge is 0.494 e. The Morgan fingerprint density at radius 2 is 2.31 bits per heavy atom. The summed E-state index contributed by atoms with van der Waals surface area (Å²) >= 11 is 0. The fourth-order valence-corrected chi connectivity index (χ4v) is 1.16. The van der Waals surface area contributed by atoms with Gasteiger partial charge in [-0.05, 0) is 18.6 Å². The van der Waals surface area contributed by atoms with Crippen LogP contribution in [0.15, 0.2) is 18.2 Å². The Labute approximate surface area is 93.6 Å². The number of amides is 1. The van der Waals surface area contributed by atoms with Crippen LogP contribution >= 0.6 is 0 Å². The van der Waals surface area contributed by atoms with Crippen molar-refractivity contribution in [3.8, 4) is 5.75 Å². The zero-order valence-electron chi connectivity index (χ0n) is 9.29. The fourth-order valence-electron chi connectivity index (χ4n) is 1.16. The van der Waals surface area contributed by atoms with Crippen molar-refractivity contribution < 1.29 is 13.9 Å². The van der Waals surface area contributed by atoms with Gasteiger partial charge in [0.2, 0.25) is 5.91 Å². The molecule has 0 spiro atoms. The van der Waals surface area contributed by atoms with Crippen molar-refractivity contribution >= 4 is 11.6 Å². The van der Waals surface area contributed by atoms with Gasteiger partial charge in [-0.3, -0.25) is 4.79 Å². The number of hydrogen-bond donors (Lipinski definition) is 2. The number of nitrogens with two attached hydrogens (primary N) is 1. The SMILES string of the molecule is CC[C@@H](N)C(=O)Nc1ccc(F)c(OC)c1. The van der Waals surface area contributed by atoms with Crippen molar-refractivity contribution in [3.63, 3.8) is 0 Å². The lowest BCUT2D eigenvalue weighted by Gasteiger charge is -2.11. The van der Waals surface area contributed by atoms with Crippen LogP contribution in [0.1, 0.15) is 13.3 Å². The first-order valence-corrected chi connectivity index (χ1v) is 4.98. The number of carbonyl (C=O) groups is 1. The summed E-state index contributed by atoms with van der Waals surface area (Å²) in [5, 5.41) is 2.58. The van der Waals surface area contributed by atoms with Gasteiger partial charge in [-0.1, -0.05) is 6.92 Å². The van der Waals surface area contributed by atoms with Crippen LogP contribution in [0.3, 0.4) is 0 Å². The van der Waals surface area contributed by atoms with E-state index in [-0.39, 0.29) is 11.7 Å². The molecule has 0 fully saturated rings. The van der Waals surface area contributed by atoms with Crippen LogP contribution in [-0.4, -0.2) is 19.1 Å². The van der Waals surface area contributed by atoms with E-state index in [2.05, 4.69) is 5.32 Å². The summed E-state index contributed by atoms with van der Waals surface area (Å²) in [7, 11) is 1.36. The fraction of sp³-hybridized carbons (Fsp3) is 0.364. The third-order valence-corrected chi connectivity index (χ3v) is 2.20. The molecule has 0 aromatic heterocycles. The third-order valence-electron chi connectivity index (χ3n) is 2.20. The van der Waals surface area contributed by atoms with Crippen LogP contribution in [0, 0.1) is 5.82 Å². The Morgan fingerprint density at radius 3 is 2.88 bits per heavy atom. The summed E-state index contributed by atoms with van der Waals surface area (Å²) < 4.78 is 17.9. The topological polar surface area (TPSA) is 64.4 Å². The molecule has 0 unspecified atom stereocenters. The van der Waals surface area contributed by atoms with Gasteiger partial charge in [-0.2, -0.15) is 0 Å². The highest BCUT2D eigenvalue weighted by Gasteiger charge is 2.12. The predicted octanol–water partition coefficient (Wildman–Crippen LogP) is 1.51. The molecule has 1 rings (SSSR count). The standard InChI is InChI=1S/C11H15FN2O2/c1-3-9(13)11(15)14-7-4-5-8(12)10(6-7)16-2/h4-6,9H,3,13H2,1-2H3,(H,14,15)/t9-/m1/s1. The zero-order chi connectivity index (χ0) is 12.1. The van der Waals surface area contributed by atoms with Gasteiger partial charge in [0, 0.05) is 11.8 Å². The first-order chi connectivity index (χ1) is 7.58. The molecular formula is C11H15FN2O2. The van der Waals surface area contributed by atoms with Gasteiger partial charge in [-0.25, -0.2) is 4.39 Å². The highest BCUT2D eigenvalue weighted by molar-refractivity contribution is 5.94. The van der Waals surface area contributed by atoms with Crippen LogP contribution in [0.2, 0.25) is 0 Å². The van der Waals surface area contributed by atoms with Crippen LogP contribution < -0.4 is 15.8 Å². The van der Waals surface area contributed by atoms with Crippen molar-refractivity contribution in [3.05, 3.63) is 24.0 Å². The van der Waals surface area contributed by atoms with Crippen LogP contribution in [-0.2, 0) is 4.79 Å². The van der Waals surface area contributed by atoms with Crippen molar-refractivity contribution in [1.29, 1.82) is 0 Å². The van der Waals surface area contributed by atoms with E-state index in [1.165, 1.54) is 25.3 Å². The smallest absolute Gasteiger partial charge is 0.241 e. The van der Waals surface area contributed by atoms with Crippen molar-refractivity contribution in [2.24, 2.45) is 5.73 Å². The molecule has 5 heteroatoms. The lowest BCUT2D eigenvalue weighted by Crippen LogP contribution is -2.34. The molecular weight excluding hydrogens is 211 g/mol. The molecule has 0 aliphatic carbocycles. The number of rotatable bonds is 4. The first kappa shape index (κ1) is 12.4. The van der Waals surface area contributed by atoms with Crippen LogP contribution in [0.5, 0.6) is 5.75 Å². The number of anilines is 1. The molecule has 0 saturated heterocycles. The molecule has 88 valence electrons. The van der Waals surface area contributed by atoms with Crippen molar-refractivity contribution in [2.75, 3.05) is 12.4 Å². The summed E-state index contributed by atoms with van der Waals surface area (Å²) in [6, 6.07) is 3.54. The van der Waals surface area contributed by atoms with E-state index < -0.39 is 11.9 Å². The molecule has 1 atom stereocenters. The summed E-state index contributed by atoms with van der Waals surface area (Å²) in [4.78, 5) is 11.5. The number of halogens is 1. The van der Waals surface area contributed by atoms with Gasteiger partial charge in [-0.15, -0.1) is 0 Å². The van der Waals surface area contributed by atoms with Crippen molar-refractivity contribution in [1.82, 2.24) is 0 Å². The molecule has 16 heavy (non-hydrogen) atoms. The molecule has 0 bridgehead atoms. The van der Waals surface area contributed by atoms with Crippen LogP contribution in [0.4, 0.5) is 10.1 Å². The van der Waals surface area contributed by atoms with Crippen LogP contribution in [0.25, 0.3) is 0 Å². The molecule has 0 aliphatic rings. The molecule has 0 aliphatic heterocycles. The van der Waals surface area contributed by atoms with Crippen molar-refractivity contribution in [2.45, 2.75) is 19.4 Å². The van der Waals surface area contributed by atoms with Gasteiger partial charge in [0.1, 0.15) is 0 Å². The number of carbonyl (C=O) groups excluding carboxylic acids is 1. The van der Waals surface area contributed by atoms with E-state index in [9.17, 15) is 9.18 Å². The highest BCUT2D eigenvalue weighted by Crippen LogP contribution is 2.21. The number of hydrogen-bond acceptors (Lipinski definition) is 3. The average Bonchev–Trinajstić information content (AvgIpc) is 2.30. The second-order valence-electron chi connectivity index (χ2n) is 3.35. The normalized spacial score (nSPS) is 12.0. The minimum atomic E-state index is -0.559. The quantitative estimate of drug-likeness (QED) is 0.817. The highest BCUT2D eigenvalue weighted by atomic mass is 19.1. The van der Waals surface area contributed by atoms with E-state index in [4.69, 9.17) is 10.5 Å². The number of benzene rings is 1. The Balaban J connectivity index is 2.78. The van der Waals surface area contributed by atoms with E-state index >= 15 is 0 Å². The van der Waals surface area contributed by atoms with Gasteiger partial charge in [0.15, 0.2) is 11.6 Å². The maximum Gasteiger partial charge on any atom is 0.241 e. The Kier molecular flexibility index (Phi) is 4.25. The van der Waals surface area contributed by atoms with E-state index in [1.807, 2.05) is 6.92 Å². The first-order valence-electron chi connectivity index (χ1n) is 4.98. The zero-order valence-corrected chi connectivity index (χ0v) is 9.29. The average molecular weight is 226 g/mol. The summed E-state index contributed by atoms with van der Waals surface area (Å²) in [5.41, 5.74) is 6.01. The molecule has 0 radical (unpaired) electrons. The second kappa shape index (κ2) is 5.46. The Morgan fingerprint density at radius 1 is 1.62 bits per heavy atom. The molecule has 1 amide bonds. The molecule has 0 saturated carbocycles. The predicted molar refractivity (Wildman–Crippen MR) is 59.8 cm³/mol. The Hall–Kier alpha value is -1.62. The van der Waals surface area contributed by atoms with Gasteiger partial charge >= 0.3 is 0 Å². The molecule has 3 N–H and O–H groups in total. The van der Waals surface area contributed by atoms with Gasteiger partial charge in [0.05, 0.1) is 13.2 Å².